The summed E-state index contributed by atoms with van der Waals surface area (Å²) in [5.74, 6) is -0.736. The molecule has 0 saturated carbocycles. The van der Waals surface area contributed by atoms with Gasteiger partial charge in [-0.15, -0.1) is 0 Å². The summed E-state index contributed by atoms with van der Waals surface area (Å²) in [6, 6.07) is 13.6. The Bertz CT molecular complexity index is 1170. The van der Waals surface area contributed by atoms with Crippen LogP contribution in [0.25, 0.3) is 0 Å². The Morgan fingerprint density at radius 1 is 0.935 bits per heavy atom. The topological polar surface area (TPSA) is 80.2 Å². The minimum absolute atomic E-state index is 0.0100. The van der Waals surface area contributed by atoms with E-state index in [4.69, 9.17) is 0 Å². The molecule has 2 aromatic carbocycles. The van der Waals surface area contributed by atoms with E-state index in [9.17, 15) is 27.6 Å². The van der Waals surface area contributed by atoms with Crippen LogP contribution >= 0.6 is 0 Å². The molecule has 0 atom stereocenters. The highest BCUT2D eigenvalue weighted by atomic mass is 19.4. The molecule has 1 heterocycles. The van der Waals surface area contributed by atoms with Gasteiger partial charge in [0.1, 0.15) is 0 Å². The van der Waals surface area contributed by atoms with Crippen molar-refractivity contribution in [2.45, 2.75) is 19.6 Å². The molecule has 2 N–H and O–H groups in total. The number of halogens is 3. The van der Waals surface area contributed by atoms with Crippen LogP contribution in [0.4, 0.5) is 24.5 Å². The van der Waals surface area contributed by atoms with Gasteiger partial charge in [0.25, 0.3) is 11.5 Å². The molecule has 3 aromatic rings. The smallest absolute Gasteiger partial charge is 0.326 e. The average molecular weight is 429 g/mol. The Morgan fingerprint density at radius 2 is 1.58 bits per heavy atom. The summed E-state index contributed by atoms with van der Waals surface area (Å²) < 4.78 is 39.3. The van der Waals surface area contributed by atoms with E-state index in [1.54, 1.807) is 24.3 Å². The first-order chi connectivity index (χ1) is 14.6. The highest BCUT2D eigenvalue weighted by molar-refractivity contribution is 6.04. The van der Waals surface area contributed by atoms with Crippen LogP contribution in [0.15, 0.2) is 71.7 Å². The van der Waals surface area contributed by atoms with E-state index >= 15 is 0 Å². The Balaban J connectivity index is 1.77. The van der Waals surface area contributed by atoms with Crippen molar-refractivity contribution in [1.82, 2.24) is 4.57 Å². The largest absolute Gasteiger partial charge is 0.416 e. The maximum absolute atomic E-state index is 12.7. The third kappa shape index (κ3) is 5.81. The summed E-state index contributed by atoms with van der Waals surface area (Å²) in [6.07, 6.45) is -3.10. The zero-order valence-electron chi connectivity index (χ0n) is 16.4. The van der Waals surface area contributed by atoms with Crippen LogP contribution in [-0.2, 0) is 17.5 Å². The Hall–Kier alpha value is -3.88. The monoisotopic (exact) mass is 429 g/mol. The Labute approximate surface area is 175 Å². The first-order valence-electron chi connectivity index (χ1n) is 9.17. The lowest BCUT2D eigenvalue weighted by Crippen LogP contribution is -2.22. The minimum Gasteiger partial charge on any atom is -0.326 e. The number of rotatable bonds is 5. The van der Waals surface area contributed by atoms with Crippen molar-refractivity contribution in [2.24, 2.45) is 0 Å². The number of hydrogen-bond acceptors (Lipinski definition) is 3. The molecule has 0 aliphatic rings. The lowest BCUT2D eigenvalue weighted by atomic mass is 10.1. The molecule has 160 valence electrons. The van der Waals surface area contributed by atoms with Gasteiger partial charge in [-0.2, -0.15) is 13.2 Å². The SMILES string of the molecule is CC(=O)Nc1cccc(NC(=O)c2ccc(=O)n(Cc3ccc(C(F)(F)F)cc3)c2)c1. The van der Waals surface area contributed by atoms with Gasteiger partial charge in [-0.25, -0.2) is 0 Å². The molecule has 1 aromatic heterocycles. The summed E-state index contributed by atoms with van der Waals surface area (Å²) in [4.78, 5) is 35.9. The zero-order chi connectivity index (χ0) is 22.6. The van der Waals surface area contributed by atoms with Crippen LogP contribution in [-0.4, -0.2) is 16.4 Å². The number of benzene rings is 2. The molecular weight excluding hydrogens is 411 g/mol. The van der Waals surface area contributed by atoms with Crippen LogP contribution in [0.3, 0.4) is 0 Å². The Morgan fingerprint density at radius 3 is 2.19 bits per heavy atom. The number of alkyl halides is 3. The van der Waals surface area contributed by atoms with Gasteiger partial charge in [0.05, 0.1) is 17.7 Å². The number of hydrogen-bond donors (Lipinski definition) is 2. The lowest BCUT2D eigenvalue weighted by Gasteiger charge is -2.11. The molecule has 0 unspecified atom stereocenters. The number of amides is 2. The number of carbonyl (C=O) groups is 2. The predicted molar refractivity (Wildman–Crippen MR) is 110 cm³/mol. The molecule has 0 saturated heterocycles. The van der Waals surface area contributed by atoms with E-state index in [1.165, 1.54) is 42.0 Å². The van der Waals surface area contributed by atoms with Crippen LogP contribution in [0, 0.1) is 0 Å². The molecular formula is C22H18F3N3O3. The molecule has 31 heavy (non-hydrogen) atoms. The molecule has 2 amide bonds. The Kier molecular flexibility index (Phi) is 6.24. The molecule has 0 aliphatic carbocycles. The van der Waals surface area contributed by atoms with Gasteiger partial charge >= 0.3 is 6.18 Å². The maximum atomic E-state index is 12.7. The van der Waals surface area contributed by atoms with Gasteiger partial charge in [0, 0.05) is 30.6 Å². The highest BCUT2D eigenvalue weighted by Crippen LogP contribution is 2.29. The van der Waals surface area contributed by atoms with E-state index in [0.717, 1.165) is 12.1 Å². The summed E-state index contributed by atoms with van der Waals surface area (Å²) in [5.41, 5.74) is 0.448. The molecule has 0 bridgehead atoms. The van der Waals surface area contributed by atoms with Crippen molar-refractivity contribution < 1.29 is 22.8 Å². The standard InChI is InChI=1S/C22H18F3N3O3/c1-14(29)26-18-3-2-4-19(11-18)27-21(31)16-7-10-20(30)28(13-16)12-15-5-8-17(9-6-15)22(23,24)25/h2-11,13H,12H2,1H3,(H,26,29)(H,27,31). The summed E-state index contributed by atoms with van der Waals surface area (Å²) >= 11 is 0. The van der Waals surface area contributed by atoms with Gasteiger partial charge in [0.2, 0.25) is 5.91 Å². The average Bonchev–Trinajstić information content (AvgIpc) is 2.69. The second-order valence-corrected chi connectivity index (χ2v) is 6.79. The first-order valence-corrected chi connectivity index (χ1v) is 9.17. The highest BCUT2D eigenvalue weighted by Gasteiger charge is 2.29. The molecule has 9 heteroatoms. The fourth-order valence-corrected chi connectivity index (χ4v) is 2.87. The van der Waals surface area contributed by atoms with Crippen molar-refractivity contribution in [2.75, 3.05) is 10.6 Å². The first kappa shape index (κ1) is 21.8. The molecule has 6 nitrogen and oxygen atoms in total. The number of anilines is 2. The fraction of sp³-hybridized carbons (Fsp3) is 0.136. The van der Waals surface area contributed by atoms with Gasteiger partial charge < -0.3 is 15.2 Å². The van der Waals surface area contributed by atoms with Crippen molar-refractivity contribution >= 4 is 23.2 Å². The summed E-state index contributed by atoms with van der Waals surface area (Å²) in [7, 11) is 0. The van der Waals surface area contributed by atoms with Crippen molar-refractivity contribution in [3.63, 3.8) is 0 Å². The predicted octanol–water partition coefficient (Wildman–Crippen LogP) is 4.13. The van der Waals surface area contributed by atoms with Gasteiger partial charge in [-0.05, 0) is 42.0 Å². The van der Waals surface area contributed by atoms with E-state index in [1.807, 2.05) is 0 Å². The van der Waals surface area contributed by atoms with Crippen LogP contribution in [0.2, 0.25) is 0 Å². The summed E-state index contributed by atoms with van der Waals surface area (Å²) in [6.45, 7) is 1.38. The quantitative estimate of drug-likeness (QED) is 0.640. The van der Waals surface area contributed by atoms with Crippen LogP contribution in [0.5, 0.6) is 0 Å². The number of nitrogens with one attached hydrogen (secondary N) is 2. The van der Waals surface area contributed by atoms with Crippen molar-refractivity contribution in [1.29, 1.82) is 0 Å². The van der Waals surface area contributed by atoms with Crippen molar-refractivity contribution in [3.8, 4) is 0 Å². The third-order valence-corrected chi connectivity index (χ3v) is 4.32. The lowest BCUT2D eigenvalue weighted by molar-refractivity contribution is -0.137. The second kappa shape index (κ2) is 8.86. The molecule has 0 radical (unpaired) electrons. The summed E-state index contributed by atoms with van der Waals surface area (Å²) in [5, 5.41) is 5.29. The van der Waals surface area contributed by atoms with E-state index in [2.05, 4.69) is 10.6 Å². The number of aromatic nitrogens is 1. The normalized spacial score (nSPS) is 11.1. The minimum atomic E-state index is -4.44. The molecule has 0 aliphatic heterocycles. The molecule has 0 spiro atoms. The van der Waals surface area contributed by atoms with Crippen LogP contribution in [0.1, 0.15) is 28.4 Å². The second-order valence-electron chi connectivity index (χ2n) is 6.79. The van der Waals surface area contributed by atoms with Crippen LogP contribution < -0.4 is 16.2 Å². The van der Waals surface area contributed by atoms with E-state index in [-0.39, 0.29) is 18.0 Å². The van der Waals surface area contributed by atoms with Crippen molar-refractivity contribution in [3.05, 3.63) is 93.9 Å². The van der Waals surface area contributed by atoms with Gasteiger partial charge in [0.15, 0.2) is 0 Å². The number of carbonyl (C=O) groups excluding carboxylic acids is 2. The van der Waals surface area contributed by atoms with Gasteiger partial charge in [-0.1, -0.05) is 18.2 Å². The van der Waals surface area contributed by atoms with Gasteiger partial charge in [-0.3, -0.25) is 14.4 Å². The third-order valence-electron chi connectivity index (χ3n) is 4.32. The fourth-order valence-electron chi connectivity index (χ4n) is 2.87. The maximum Gasteiger partial charge on any atom is 0.416 e. The molecule has 0 fully saturated rings. The number of nitrogens with zero attached hydrogens (tertiary/aromatic N) is 1. The van der Waals surface area contributed by atoms with E-state index < -0.39 is 23.2 Å². The van der Waals surface area contributed by atoms with E-state index in [0.29, 0.717) is 16.9 Å². The number of pyridine rings is 1. The zero-order valence-corrected chi connectivity index (χ0v) is 16.4. The molecule has 3 rings (SSSR count).